The van der Waals surface area contributed by atoms with E-state index in [-0.39, 0.29) is 12.2 Å². The van der Waals surface area contributed by atoms with Gasteiger partial charge in [-0.2, -0.15) is 0 Å². The van der Waals surface area contributed by atoms with E-state index in [2.05, 4.69) is 6.92 Å². The lowest BCUT2D eigenvalue weighted by molar-refractivity contribution is 0.0366. The molecule has 2 nitrogen and oxygen atoms in total. The minimum absolute atomic E-state index is 0.0498. The van der Waals surface area contributed by atoms with E-state index in [1.807, 2.05) is 0 Å². The largest absolute Gasteiger partial charge is 0.393 e. The molecule has 16 heavy (non-hydrogen) atoms. The average molecular weight is 226 g/mol. The van der Waals surface area contributed by atoms with E-state index in [1.165, 1.54) is 32.1 Å². The van der Waals surface area contributed by atoms with Crippen LogP contribution in [0.3, 0.4) is 0 Å². The second kappa shape index (κ2) is 5.50. The lowest BCUT2D eigenvalue weighted by Gasteiger charge is -2.35. The predicted molar refractivity (Wildman–Crippen MR) is 65.1 cm³/mol. The molecule has 0 aromatic rings. The van der Waals surface area contributed by atoms with E-state index in [1.54, 1.807) is 0 Å². The predicted octanol–water partition coefficient (Wildman–Crippen LogP) is 2.72. The van der Waals surface area contributed by atoms with Crippen molar-refractivity contribution in [2.24, 2.45) is 17.8 Å². The molecule has 2 heteroatoms. The Hall–Kier alpha value is -0.0800. The number of hydrogen-bond acceptors (Lipinski definition) is 2. The van der Waals surface area contributed by atoms with E-state index in [9.17, 15) is 10.2 Å². The van der Waals surface area contributed by atoms with Crippen molar-refractivity contribution in [1.82, 2.24) is 0 Å². The van der Waals surface area contributed by atoms with Crippen LogP contribution in [-0.2, 0) is 0 Å². The molecule has 5 atom stereocenters. The summed E-state index contributed by atoms with van der Waals surface area (Å²) in [5, 5.41) is 19.5. The number of aliphatic hydroxyl groups excluding tert-OH is 2. The second-order valence-electron chi connectivity index (χ2n) is 6.15. The Bertz CT molecular complexity index is 217. The maximum absolute atomic E-state index is 9.88. The van der Waals surface area contributed by atoms with Gasteiger partial charge in [0.05, 0.1) is 12.2 Å². The van der Waals surface area contributed by atoms with Gasteiger partial charge in [0, 0.05) is 0 Å². The topological polar surface area (TPSA) is 40.5 Å². The Kier molecular flexibility index (Phi) is 4.26. The smallest absolute Gasteiger partial charge is 0.0568 e. The lowest BCUT2D eigenvalue weighted by Crippen LogP contribution is -2.29. The summed E-state index contributed by atoms with van der Waals surface area (Å²) >= 11 is 0. The van der Waals surface area contributed by atoms with Crippen LogP contribution in [0.1, 0.15) is 58.3 Å². The first-order chi connectivity index (χ1) is 7.65. The van der Waals surface area contributed by atoms with Crippen LogP contribution in [0, 0.1) is 17.8 Å². The van der Waals surface area contributed by atoms with Gasteiger partial charge in [0.2, 0.25) is 0 Å². The fourth-order valence-electron chi connectivity index (χ4n) is 3.54. The number of hydrogen-bond donors (Lipinski definition) is 2. The van der Waals surface area contributed by atoms with Gasteiger partial charge in [0.1, 0.15) is 0 Å². The monoisotopic (exact) mass is 226 g/mol. The third kappa shape index (κ3) is 3.21. The molecule has 2 fully saturated rings. The van der Waals surface area contributed by atoms with Crippen LogP contribution in [-0.4, -0.2) is 22.4 Å². The van der Waals surface area contributed by atoms with Crippen LogP contribution in [0.25, 0.3) is 0 Å². The number of rotatable bonds is 2. The third-order valence-electron chi connectivity index (χ3n) is 4.68. The molecule has 0 heterocycles. The first-order valence-electron chi connectivity index (χ1n) is 7.01. The van der Waals surface area contributed by atoms with Crippen LogP contribution in [0.2, 0.25) is 0 Å². The van der Waals surface area contributed by atoms with E-state index in [4.69, 9.17) is 0 Å². The molecule has 2 aliphatic carbocycles. The van der Waals surface area contributed by atoms with Gasteiger partial charge in [-0.05, 0) is 56.3 Å². The third-order valence-corrected chi connectivity index (χ3v) is 4.68. The summed E-state index contributed by atoms with van der Waals surface area (Å²) in [4.78, 5) is 0. The van der Waals surface area contributed by atoms with Crippen molar-refractivity contribution in [2.45, 2.75) is 70.5 Å². The van der Waals surface area contributed by atoms with Crippen molar-refractivity contribution in [3.8, 4) is 0 Å². The Balaban J connectivity index is 1.76. The highest BCUT2D eigenvalue weighted by Crippen LogP contribution is 2.36. The van der Waals surface area contributed by atoms with Crippen LogP contribution < -0.4 is 0 Å². The first-order valence-corrected chi connectivity index (χ1v) is 7.01. The summed E-state index contributed by atoms with van der Waals surface area (Å²) in [5.41, 5.74) is 0. The molecule has 0 saturated heterocycles. The van der Waals surface area contributed by atoms with Crippen LogP contribution in [0.4, 0.5) is 0 Å². The van der Waals surface area contributed by atoms with Crippen molar-refractivity contribution < 1.29 is 10.2 Å². The molecule has 0 aromatic heterocycles. The van der Waals surface area contributed by atoms with Crippen LogP contribution in [0.15, 0.2) is 0 Å². The molecule has 0 aromatic carbocycles. The van der Waals surface area contributed by atoms with E-state index >= 15 is 0 Å². The standard InChI is InChI=1S/C14H26O2/c1-10-5-6-12(9-14(10)16)7-11-3-2-4-13(15)8-11/h10-16H,2-9H2,1H3. The van der Waals surface area contributed by atoms with E-state index in [0.29, 0.717) is 17.8 Å². The van der Waals surface area contributed by atoms with E-state index in [0.717, 1.165) is 19.3 Å². The quantitative estimate of drug-likeness (QED) is 0.760. The molecule has 2 N–H and O–H groups in total. The number of aliphatic hydroxyl groups is 2. The maximum Gasteiger partial charge on any atom is 0.0568 e. The second-order valence-corrected chi connectivity index (χ2v) is 6.15. The van der Waals surface area contributed by atoms with Crippen molar-refractivity contribution in [1.29, 1.82) is 0 Å². The Morgan fingerprint density at radius 1 is 0.938 bits per heavy atom. The molecule has 0 bridgehead atoms. The average Bonchev–Trinajstić information content (AvgIpc) is 2.24. The minimum Gasteiger partial charge on any atom is -0.393 e. The Morgan fingerprint density at radius 3 is 2.38 bits per heavy atom. The Morgan fingerprint density at radius 2 is 1.69 bits per heavy atom. The highest BCUT2D eigenvalue weighted by molar-refractivity contribution is 4.81. The highest BCUT2D eigenvalue weighted by Gasteiger charge is 2.29. The zero-order valence-electron chi connectivity index (χ0n) is 10.4. The van der Waals surface area contributed by atoms with Gasteiger partial charge in [-0.3, -0.25) is 0 Å². The lowest BCUT2D eigenvalue weighted by atomic mass is 9.74. The van der Waals surface area contributed by atoms with Crippen molar-refractivity contribution in [3.05, 3.63) is 0 Å². The molecule has 5 unspecified atom stereocenters. The molecule has 0 amide bonds. The molecule has 2 aliphatic rings. The van der Waals surface area contributed by atoms with Crippen molar-refractivity contribution in [3.63, 3.8) is 0 Å². The summed E-state index contributed by atoms with van der Waals surface area (Å²) in [6, 6.07) is 0. The van der Waals surface area contributed by atoms with Gasteiger partial charge < -0.3 is 10.2 Å². The minimum atomic E-state index is -0.0766. The highest BCUT2D eigenvalue weighted by atomic mass is 16.3. The molecule has 2 rings (SSSR count). The van der Waals surface area contributed by atoms with Gasteiger partial charge in [-0.15, -0.1) is 0 Å². The fraction of sp³-hybridized carbons (Fsp3) is 1.00. The van der Waals surface area contributed by atoms with Gasteiger partial charge in [-0.25, -0.2) is 0 Å². The molecule has 0 spiro atoms. The normalized spacial score (nSPS) is 45.6. The van der Waals surface area contributed by atoms with Gasteiger partial charge in [0.25, 0.3) is 0 Å². The summed E-state index contributed by atoms with van der Waals surface area (Å²) in [5.74, 6) is 1.92. The van der Waals surface area contributed by atoms with Gasteiger partial charge in [-0.1, -0.05) is 19.8 Å². The molecular weight excluding hydrogens is 200 g/mol. The summed E-state index contributed by atoms with van der Waals surface area (Å²) in [6.45, 7) is 2.16. The molecular formula is C14H26O2. The van der Waals surface area contributed by atoms with Crippen LogP contribution >= 0.6 is 0 Å². The van der Waals surface area contributed by atoms with E-state index < -0.39 is 0 Å². The zero-order chi connectivity index (χ0) is 11.5. The SMILES string of the molecule is CC1CCC(CC2CCCC(O)C2)CC1O. The molecule has 0 radical (unpaired) electrons. The van der Waals surface area contributed by atoms with Crippen molar-refractivity contribution in [2.75, 3.05) is 0 Å². The summed E-state index contributed by atoms with van der Waals surface area (Å²) < 4.78 is 0. The zero-order valence-corrected chi connectivity index (χ0v) is 10.4. The van der Waals surface area contributed by atoms with Crippen LogP contribution in [0.5, 0.6) is 0 Å². The van der Waals surface area contributed by atoms with Crippen molar-refractivity contribution >= 4 is 0 Å². The fourth-order valence-corrected chi connectivity index (χ4v) is 3.54. The van der Waals surface area contributed by atoms with Gasteiger partial charge in [0.15, 0.2) is 0 Å². The summed E-state index contributed by atoms with van der Waals surface area (Å²) in [7, 11) is 0. The molecule has 0 aliphatic heterocycles. The first kappa shape index (κ1) is 12.4. The Labute approximate surface area is 99.1 Å². The van der Waals surface area contributed by atoms with Gasteiger partial charge >= 0.3 is 0 Å². The summed E-state index contributed by atoms with van der Waals surface area (Å²) in [6.07, 6.45) is 9.05. The maximum atomic E-state index is 9.88. The molecule has 94 valence electrons. The molecule has 2 saturated carbocycles.